The summed E-state index contributed by atoms with van der Waals surface area (Å²) in [6.07, 6.45) is 1.69. The van der Waals surface area contributed by atoms with Crippen molar-refractivity contribution in [2.75, 3.05) is 7.11 Å². The summed E-state index contributed by atoms with van der Waals surface area (Å²) in [5.74, 6) is 0.966. The number of thiazole rings is 1. The van der Waals surface area contributed by atoms with Crippen molar-refractivity contribution in [3.8, 4) is 5.75 Å². The van der Waals surface area contributed by atoms with E-state index in [2.05, 4.69) is 4.98 Å². The molecule has 0 aliphatic rings. The molecule has 0 spiro atoms. The molecule has 0 radical (unpaired) electrons. The van der Waals surface area contributed by atoms with Crippen LogP contribution in [0.4, 0.5) is 0 Å². The van der Waals surface area contributed by atoms with Gasteiger partial charge in [0.05, 0.1) is 17.3 Å². The SMILES string of the molecule is COc1ccc(/C(O)=C/c2nc3ccccc3s2)cc1. The molecule has 1 aromatic heterocycles. The summed E-state index contributed by atoms with van der Waals surface area (Å²) in [6, 6.07) is 15.2. The van der Waals surface area contributed by atoms with Crippen molar-refractivity contribution in [1.82, 2.24) is 4.98 Å². The van der Waals surface area contributed by atoms with Gasteiger partial charge in [0.2, 0.25) is 0 Å². The Morgan fingerprint density at radius 3 is 2.60 bits per heavy atom. The monoisotopic (exact) mass is 283 g/mol. The lowest BCUT2D eigenvalue weighted by atomic mass is 10.2. The van der Waals surface area contributed by atoms with Crippen molar-refractivity contribution >= 4 is 33.4 Å². The van der Waals surface area contributed by atoms with Gasteiger partial charge in [0, 0.05) is 11.6 Å². The minimum atomic E-state index is 0.201. The molecule has 20 heavy (non-hydrogen) atoms. The van der Waals surface area contributed by atoms with Gasteiger partial charge in [-0.15, -0.1) is 11.3 Å². The minimum Gasteiger partial charge on any atom is -0.507 e. The first-order valence-electron chi connectivity index (χ1n) is 6.17. The second kappa shape index (κ2) is 5.35. The third kappa shape index (κ3) is 2.51. The van der Waals surface area contributed by atoms with E-state index in [1.807, 2.05) is 48.5 Å². The lowest BCUT2D eigenvalue weighted by Crippen LogP contribution is -1.85. The maximum atomic E-state index is 10.1. The molecule has 0 aliphatic heterocycles. The molecule has 1 N–H and O–H groups in total. The highest BCUT2D eigenvalue weighted by Crippen LogP contribution is 2.25. The molecule has 3 nitrogen and oxygen atoms in total. The van der Waals surface area contributed by atoms with E-state index in [0.717, 1.165) is 26.5 Å². The molecule has 1 heterocycles. The lowest BCUT2D eigenvalue weighted by molar-refractivity contribution is 0.414. The predicted octanol–water partition coefficient (Wildman–Crippen LogP) is 4.36. The Balaban J connectivity index is 1.93. The first-order chi connectivity index (χ1) is 9.76. The number of fused-ring (bicyclic) bond motifs is 1. The standard InChI is InChI=1S/C16H13NO2S/c1-19-12-8-6-11(7-9-12)14(18)10-16-17-13-4-2-3-5-15(13)20-16/h2-10,18H,1H3/b14-10-. The van der Waals surface area contributed by atoms with E-state index >= 15 is 0 Å². The fourth-order valence-corrected chi connectivity index (χ4v) is 2.82. The van der Waals surface area contributed by atoms with Crippen LogP contribution in [0.3, 0.4) is 0 Å². The Bertz CT molecular complexity index is 727. The van der Waals surface area contributed by atoms with E-state index in [4.69, 9.17) is 4.74 Å². The Hall–Kier alpha value is -2.33. The van der Waals surface area contributed by atoms with Crippen LogP contribution in [0.5, 0.6) is 5.75 Å². The molecule has 4 heteroatoms. The van der Waals surface area contributed by atoms with E-state index in [1.54, 1.807) is 24.5 Å². The van der Waals surface area contributed by atoms with Gasteiger partial charge in [0.15, 0.2) is 0 Å². The van der Waals surface area contributed by atoms with Crippen LogP contribution in [0.25, 0.3) is 22.1 Å². The molecule has 0 unspecified atom stereocenters. The molecule has 0 fully saturated rings. The number of aromatic nitrogens is 1. The maximum Gasteiger partial charge on any atom is 0.125 e. The molecular formula is C16H13NO2S. The van der Waals surface area contributed by atoms with Gasteiger partial charge in [-0.2, -0.15) is 0 Å². The number of rotatable bonds is 3. The van der Waals surface area contributed by atoms with Gasteiger partial charge in [-0.05, 0) is 36.4 Å². The van der Waals surface area contributed by atoms with Gasteiger partial charge >= 0.3 is 0 Å². The molecule has 2 aromatic carbocycles. The summed E-state index contributed by atoms with van der Waals surface area (Å²) in [4.78, 5) is 4.47. The summed E-state index contributed by atoms with van der Waals surface area (Å²) in [5.41, 5.74) is 1.69. The van der Waals surface area contributed by atoms with Crippen LogP contribution in [-0.4, -0.2) is 17.2 Å². The Morgan fingerprint density at radius 1 is 1.15 bits per heavy atom. The van der Waals surface area contributed by atoms with E-state index in [0.29, 0.717) is 0 Å². The van der Waals surface area contributed by atoms with E-state index in [1.165, 1.54) is 0 Å². The highest BCUT2D eigenvalue weighted by atomic mass is 32.1. The number of hydrogen-bond acceptors (Lipinski definition) is 4. The van der Waals surface area contributed by atoms with Crippen molar-refractivity contribution < 1.29 is 9.84 Å². The predicted molar refractivity (Wildman–Crippen MR) is 83.1 cm³/mol. The summed E-state index contributed by atoms with van der Waals surface area (Å²) in [5, 5.41) is 10.9. The van der Waals surface area contributed by atoms with Gasteiger partial charge < -0.3 is 9.84 Å². The largest absolute Gasteiger partial charge is 0.507 e. The molecule has 0 saturated heterocycles. The van der Waals surface area contributed by atoms with Crippen molar-refractivity contribution in [2.45, 2.75) is 0 Å². The molecule has 0 atom stereocenters. The maximum absolute atomic E-state index is 10.1. The zero-order chi connectivity index (χ0) is 13.9. The molecule has 3 aromatic rings. The van der Waals surface area contributed by atoms with Gasteiger partial charge in [0.1, 0.15) is 16.5 Å². The summed E-state index contributed by atoms with van der Waals surface area (Å²) in [6.45, 7) is 0. The van der Waals surface area contributed by atoms with Crippen molar-refractivity contribution in [2.24, 2.45) is 0 Å². The first kappa shape index (κ1) is 12.7. The van der Waals surface area contributed by atoms with Gasteiger partial charge in [-0.3, -0.25) is 0 Å². The molecule has 0 amide bonds. The first-order valence-corrected chi connectivity index (χ1v) is 6.98. The average Bonchev–Trinajstić information content (AvgIpc) is 2.89. The minimum absolute atomic E-state index is 0.201. The molecule has 3 rings (SSSR count). The molecular weight excluding hydrogens is 270 g/mol. The van der Waals surface area contributed by atoms with Gasteiger partial charge in [0.25, 0.3) is 0 Å². The number of hydrogen-bond donors (Lipinski definition) is 1. The number of benzene rings is 2. The fourth-order valence-electron chi connectivity index (χ4n) is 1.91. The van der Waals surface area contributed by atoms with E-state index < -0.39 is 0 Å². The third-order valence-corrected chi connectivity index (χ3v) is 3.94. The number of aliphatic hydroxyl groups excluding tert-OH is 1. The summed E-state index contributed by atoms with van der Waals surface area (Å²) in [7, 11) is 1.62. The van der Waals surface area contributed by atoms with Crippen LogP contribution in [0.2, 0.25) is 0 Å². The second-order valence-corrected chi connectivity index (χ2v) is 5.34. The number of methoxy groups -OCH3 is 1. The summed E-state index contributed by atoms with van der Waals surface area (Å²) < 4.78 is 6.21. The number of para-hydroxylation sites is 1. The number of aliphatic hydroxyl groups is 1. The van der Waals surface area contributed by atoms with Crippen LogP contribution in [0.1, 0.15) is 10.6 Å². The van der Waals surface area contributed by atoms with Crippen molar-refractivity contribution in [3.63, 3.8) is 0 Å². The Morgan fingerprint density at radius 2 is 1.90 bits per heavy atom. The molecule has 0 aliphatic carbocycles. The van der Waals surface area contributed by atoms with Crippen LogP contribution < -0.4 is 4.74 Å². The second-order valence-electron chi connectivity index (χ2n) is 4.28. The number of ether oxygens (including phenoxy) is 1. The highest BCUT2D eigenvalue weighted by Gasteiger charge is 2.04. The topological polar surface area (TPSA) is 42.4 Å². The van der Waals surface area contributed by atoms with Gasteiger partial charge in [-0.25, -0.2) is 4.98 Å². The Kier molecular flexibility index (Phi) is 3.39. The van der Waals surface area contributed by atoms with Crippen LogP contribution in [-0.2, 0) is 0 Å². The zero-order valence-electron chi connectivity index (χ0n) is 10.9. The molecule has 0 saturated carbocycles. The highest BCUT2D eigenvalue weighted by molar-refractivity contribution is 7.19. The number of nitrogens with zero attached hydrogens (tertiary/aromatic N) is 1. The Labute approximate surface area is 120 Å². The van der Waals surface area contributed by atoms with E-state index in [9.17, 15) is 5.11 Å². The third-order valence-electron chi connectivity index (χ3n) is 2.96. The fraction of sp³-hybridized carbons (Fsp3) is 0.0625. The smallest absolute Gasteiger partial charge is 0.125 e. The molecule has 100 valence electrons. The quantitative estimate of drug-likeness (QED) is 0.726. The molecule has 0 bridgehead atoms. The van der Waals surface area contributed by atoms with E-state index in [-0.39, 0.29) is 5.76 Å². The van der Waals surface area contributed by atoms with Crippen LogP contribution in [0, 0.1) is 0 Å². The van der Waals surface area contributed by atoms with Crippen molar-refractivity contribution in [3.05, 3.63) is 59.1 Å². The lowest BCUT2D eigenvalue weighted by Gasteiger charge is -2.02. The normalized spacial score (nSPS) is 11.8. The van der Waals surface area contributed by atoms with Crippen LogP contribution in [0.15, 0.2) is 48.5 Å². The zero-order valence-corrected chi connectivity index (χ0v) is 11.7. The van der Waals surface area contributed by atoms with Crippen molar-refractivity contribution in [1.29, 1.82) is 0 Å². The average molecular weight is 283 g/mol. The van der Waals surface area contributed by atoms with Crippen LogP contribution >= 0.6 is 11.3 Å². The summed E-state index contributed by atoms with van der Waals surface area (Å²) >= 11 is 1.56. The van der Waals surface area contributed by atoms with Gasteiger partial charge in [-0.1, -0.05) is 12.1 Å².